The summed E-state index contributed by atoms with van der Waals surface area (Å²) < 4.78 is 18.5. The topological polar surface area (TPSA) is 36.0 Å². The minimum Gasteiger partial charge on any atom is -0.494 e. The van der Waals surface area contributed by atoms with Crippen molar-refractivity contribution in [3.05, 3.63) is 30.1 Å². The lowest BCUT2D eigenvalue weighted by molar-refractivity contribution is -0.136. The number of likely N-dealkylation sites (tertiary alicyclic amines) is 1. The molecule has 2 aliphatic heterocycles. The number of ether oxygens (including phenoxy) is 1. The molecule has 3 rings (SSSR count). The normalized spacial score (nSPS) is 22.0. The van der Waals surface area contributed by atoms with Crippen molar-refractivity contribution in [1.82, 2.24) is 14.7 Å². The van der Waals surface area contributed by atoms with Crippen LogP contribution in [0, 0.1) is 5.82 Å². The van der Waals surface area contributed by atoms with Crippen molar-refractivity contribution in [2.45, 2.75) is 38.6 Å². The molecule has 0 N–H and O–H groups in total. The third-order valence-corrected chi connectivity index (χ3v) is 5.65. The van der Waals surface area contributed by atoms with E-state index >= 15 is 0 Å². The van der Waals surface area contributed by atoms with Crippen molar-refractivity contribution < 1.29 is 13.9 Å². The van der Waals surface area contributed by atoms with E-state index in [4.69, 9.17) is 4.74 Å². The Morgan fingerprint density at radius 3 is 2.48 bits per heavy atom. The van der Waals surface area contributed by atoms with Crippen LogP contribution in [0.1, 0.15) is 32.6 Å². The van der Waals surface area contributed by atoms with Crippen molar-refractivity contribution in [3.8, 4) is 5.75 Å². The standard InChI is InChI=1S/C21H32FN3O2/c1-18-5-2-3-11-25(18)21(26)17-24-14-12-23(13-15-24)10-4-16-27-20-8-6-19(22)7-9-20/h6-9,18H,2-5,10-17H2,1H3/t18-/m0/s1. The Morgan fingerprint density at radius 1 is 1.07 bits per heavy atom. The number of hydrogen-bond donors (Lipinski definition) is 0. The molecule has 0 bridgehead atoms. The monoisotopic (exact) mass is 377 g/mol. The smallest absolute Gasteiger partial charge is 0.236 e. The molecule has 2 saturated heterocycles. The lowest BCUT2D eigenvalue weighted by atomic mass is 10.0. The van der Waals surface area contributed by atoms with Crippen LogP contribution in [-0.2, 0) is 4.79 Å². The Balaban J connectivity index is 1.29. The second kappa shape index (κ2) is 10.0. The number of piperazine rings is 1. The summed E-state index contributed by atoms with van der Waals surface area (Å²) in [5.41, 5.74) is 0. The van der Waals surface area contributed by atoms with Gasteiger partial charge in [0.2, 0.25) is 5.91 Å². The fourth-order valence-electron chi connectivity index (χ4n) is 3.93. The molecule has 0 spiro atoms. The summed E-state index contributed by atoms with van der Waals surface area (Å²) in [7, 11) is 0. The van der Waals surface area contributed by atoms with Crippen molar-refractivity contribution in [3.63, 3.8) is 0 Å². The molecule has 2 aliphatic rings. The van der Waals surface area contributed by atoms with Gasteiger partial charge in [-0.3, -0.25) is 9.69 Å². The van der Waals surface area contributed by atoms with Gasteiger partial charge in [-0.05, 0) is 56.9 Å². The van der Waals surface area contributed by atoms with Gasteiger partial charge in [-0.25, -0.2) is 4.39 Å². The van der Waals surface area contributed by atoms with Crippen LogP contribution in [0.3, 0.4) is 0 Å². The van der Waals surface area contributed by atoms with Crippen LogP contribution in [0.5, 0.6) is 5.75 Å². The average molecular weight is 378 g/mol. The molecule has 5 nitrogen and oxygen atoms in total. The first-order valence-electron chi connectivity index (χ1n) is 10.2. The highest BCUT2D eigenvalue weighted by atomic mass is 19.1. The number of amides is 1. The summed E-state index contributed by atoms with van der Waals surface area (Å²) in [5, 5.41) is 0. The van der Waals surface area contributed by atoms with Gasteiger partial charge in [-0.1, -0.05) is 0 Å². The maximum atomic E-state index is 12.9. The third-order valence-electron chi connectivity index (χ3n) is 5.65. The molecule has 1 aromatic rings. The number of nitrogens with zero attached hydrogens (tertiary/aromatic N) is 3. The summed E-state index contributed by atoms with van der Waals surface area (Å²) in [5.74, 6) is 0.767. The van der Waals surface area contributed by atoms with E-state index in [0.29, 0.717) is 30.9 Å². The molecule has 1 amide bonds. The Bertz CT molecular complexity index is 588. The van der Waals surface area contributed by atoms with Crippen LogP contribution in [0.15, 0.2) is 24.3 Å². The predicted molar refractivity (Wildman–Crippen MR) is 104 cm³/mol. The van der Waals surface area contributed by atoms with Gasteiger partial charge in [0, 0.05) is 45.3 Å². The molecule has 2 fully saturated rings. The Hall–Kier alpha value is -1.66. The van der Waals surface area contributed by atoms with E-state index in [2.05, 4.69) is 21.6 Å². The highest BCUT2D eigenvalue weighted by molar-refractivity contribution is 5.78. The van der Waals surface area contributed by atoms with Gasteiger partial charge in [0.25, 0.3) is 0 Å². The van der Waals surface area contributed by atoms with E-state index in [9.17, 15) is 9.18 Å². The quantitative estimate of drug-likeness (QED) is 0.685. The predicted octanol–water partition coefficient (Wildman–Crippen LogP) is 2.61. The van der Waals surface area contributed by atoms with Gasteiger partial charge < -0.3 is 14.5 Å². The fraction of sp³-hybridized carbons (Fsp3) is 0.667. The van der Waals surface area contributed by atoms with E-state index in [-0.39, 0.29) is 5.82 Å². The number of piperidine rings is 1. The molecule has 0 unspecified atom stereocenters. The highest BCUT2D eigenvalue weighted by Crippen LogP contribution is 2.17. The molecule has 2 heterocycles. The van der Waals surface area contributed by atoms with Crippen LogP contribution in [-0.4, -0.2) is 79.1 Å². The average Bonchev–Trinajstić information content (AvgIpc) is 2.68. The molecule has 150 valence electrons. The molecule has 6 heteroatoms. The van der Waals surface area contributed by atoms with Gasteiger partial charge in [-0.2, -0.15) is 0 Å². The largest absolute Gasteiger partial charge is 0.494 e. The zero-order chi connectivity index (χ0) is 19.1. The maximum absolute atomic E-state index is 12.9. The molecule has 0 aliphatic carbocycles. The van der Waals surface area contributed by atoms with E-state index in [1.165, 1.54) is 18.6 Å². The highest BCUT2D eigenvalue weighted by Gasteiger charge is 2.26. The number of carbonyl (C=O) groups excluding carboxylic acids is 1. The molecule has 0 saturated carbocycles. The maximum Gasteiger partial charge on any atom is 0.236 e. The number of benzene rings is 1. The molecular formula is C21H32FN3O2. The lowest BCUT2D eigenvalue weighted by Gasteiger charge is -2.38. The lowest BCUT2D eigenvalue weighted by Crippen LogP contribution is -2.52. The van der Waals surface area contributed by atoms with Gasteiger partial charge in [0.05, 0.1) is 13.2 Å². The molecule has 27 heavy (non-hydrogen) atoms. The molecule has 0 radical (unpaired) electrons. The van der Waals surface area contributed by atoms with Crippen LogP contribution < -0.4 is 4.74 Å². The zero-order valence-electron chi connectivity index (χ0n) is 16.4. The summed E-state index contributed by atoms with van der Waals surface area (Å²) in [4.78, 5) is 19.3. The van der Waals surface area contributed by atoms with E-state index < -0.39 is 0 Å². The van der Waals surface area contributed by atoms with Crippen LogP contribution in [0.25, 0.3) is 0 Å². The molecule has 0 aromatic heterocycles. The number of hydrogen-bond acceptors (Lipinski definition) is 4. The first-order chi connectivity index (χ1) is 13.1. The minimum atomic E-state index is -0.242. The second-order valence-corrected chi connectivity index (χ2v) is 7.71. The zero-order valence-corrected chi connectivity index (χ0v) is 16.4. The van der Waals surface area contributed by atoms with Gasteiger partial charge in [0.1, 0.15) is 11.6 Å². The second-order valence-electron chi connectivity index (χ2n) is 7.71. The van der Waals surface area contributed by atoms with Crippen molar-refractivity contribution in [2.75, 3.05) is 52.4 Å². The Labute approximate surface area is 162 Å². The van der Waals surface area contributed by atoms with Crippen molar-refractivity contribution >= 4 is 5.91 Å². The first-order valence-corrected chi connectivity index (χ1v) is 10.2. The summed E-state index contributed by atoms with van der Waals surface area (Å²) in [6.07, 6.45) is 4.47. The Morgan fingerprint density at radius 2 is 1.78 bits per heavy atom. The SMILES string of the molecule is C[C@H]1CCCCN1C(=O)CN1CCN(CCCOc2ccc(F)cc2)CC1. The van der Waals surface area contributed by atoms with Gasteiger partial charge >= 0.3 is 0 Å². The van der Waals surface area contributed by atoms with Gasteiger partial charge in [0.15, 0.2) is 0 Å². The van der Waals surface area contributed by atoms with E-state index in [1.54, 1.807) is 12.1 Å². The van der Waals surface area contributed by atoms with Gasteiger partial charge in [-0.15, -0.1) is 0 Å². The summed E-state index contributed by atoms with van der Waals surface area (Å²) >= 11 is 0. The first kappa shape index (κ1) is 20.1. The number of carbonyl (C=O) groups is 1. The van der Waals surface area contributed by atoms with Crippen LogP contribution >= 0.6 is 0 Å². The molecule has 1 atom stereocenters. The van der Waals surface area contributed by atoms with E-state index in [0.717, 1.165) is 58.5 Å². The molecule has 1 aromatic carbocycles. The minimum absolute atomic E-state index is 0.242. The molecular weight excluding hydrogens is 345 g/mol. The third kappa shape index (κ3) is 6.18. The van der Waals surface area contributed by atoms with Crippen LogP contribution in [0.4, 0.5) is 4.39 Å². The number of halogens is 1. The van der Waals surface area contributed by atoms with Crippen LogP contribution in [0.2, 0.25) is 0 Å². The van der Waals surface area contributed by atoms with Crippen molar-refractivity contribution in [2.24, 2.45) is 0 Å². The summed E-state index contributed by atoms with van der Waals surface area (Å²) in [6, 6.07) is 6.55. The number of rotatable bonds is 7. The summed E-state index contributed by atoms with van der Waals surface area (Å²) in [6.45, 7) is 9.19. The fourth-order valence-corrected chi connectivity index (χ4v) is 3.93. The Kier molecular flexibility index (Phi) is 7.47. The van der Waals surface area contributed by atoms with Crippen molar-refractivity contribution in [1.29, 1.82) is 0 Å². The van der Waals surface area contributed by atoms with E-state index in [1.807, 2.05) is 0 Å².